The highest BCUT2D eigenvalue weighted by atomic mass is 127. The predicted molar refractivity (Wildman–Crippen MR) is 78.3 cm³/mol. The molecule has 1 rings (SSSR count). The van der Waals surface area contributed by atoms with Crippen LogP contribution in [0.2, 0.25) is 0 Å². The summed E-state index contributed by atoms with van der Waals surface area (Å²) < 4.78 is 5.38. The number of aliphatic imine (C=N–C) groups is 1. The van der Waals surface area contributed by atoms with Crippen LogP contribution in [0, 0.1) is 5.92 Å². The fourth-order valence-electron chi connectivity index (χ4n) is 1.43. The Hall–Kier alpha value is -0.0400. The molecule has 0 bridgehead atoms. The quantitative estimate of drug-likeness (QED) is 0.335. The number of nitrogens with zero attached hydrogens (tertiary/aromatic N) is 1. The first-order chi connectivity index (χ1) is 7.18. The van der Waals surface area contributed by atoms with Crippen LogP contribution in [0.25, 0.3) is 0 Å². The van der Waals surface area contributed by atoms with Gasteiger partial charge in [0, 0.05) is 13.1 Å². The molecule has 0 spiro atoms. The van der Waals surface area contributed by atoms with E-state index in [9.17, 15) is 0 Å². The minimum atomic E-state index is 0. The van der Waals surface area contributed by atoms with Gasteiger partial charge in [0.1, 0.15) is 0 Å². The van der Waals surface area contributed by atoms with Crippen molar-refractivity contribution in [2.45, 2.75) is 39.2 Å². The van der Waals surface area contributed by atoms with Crippen LogP contribution in [0.5, 0.6) is 0 Å². The SMILES string of the molecule is CC(C)OCCNC(N)=NCC1CCC1.I. The van der Waals surface area contributed by atoms with E-state index in [0.717, 1.165) is 19.0 Å². The second-order valence-corrected chi connectivity index (χ2v) is 4.37. The summed E-state index contributed by atoms with van der Waals surface area (Å²) in [6.07, 6.45) is 4.26. The highest BCUT2D eigenvalue weighted by molar-refractivity contribution is 14.0. The van der Waals surface area contributed by atoms with Crippen LogP contribution in [0.4, 0.5) is 0 Å². The van der Waals surface area contributed by atoms with Gasteiger partial charge in [-0.15, -0.1) is 24.0 Å². The average molecular weight is 341 g/mol. The number of ether oxygens (including phenoxy) is 1. The number of guanidine groups is 1. The summed E-state index contributed by atoms with van der Waals surface area (Å²) in [5, 5.41) is 3.04. The molecular weight excluding hydrogens is 317 g/mol. The molecule has 4 nitrogen and oxygen atoms in total. The highest BCUT2D eigenvalue weighted by Crippen LogP contribution is 2.26. The fraction of sp³-hybridized carbons (Fsp3) is 0.909. The van der Waals surface area contributed by atoms with Crippen LogP contribution in [0.3, 0.4) is 0 Å². The Kier molecular flexibility index (Phi) is 9.02. The molecule has 0 amide bonds. The van der Waals surface area contributed by atoms with E-state index in [2.05, 4.69) is 10.3 Å². The van der Waals surface area contributed by atoms with Crippen molar-refractivity contribution < 1.29 is 4.74 Å². The summed E-state index contributed by atoms with van der Waals surface area (Å²) >= 11 is 0. The van der Waals surface area contributed by atoms with E-state index >= 15 is 0 Å². The van der Waals surface area contributed by atoms with Crippen molar-refractivity contribution in [3.05, 3.63) is 0 Å². The lowest BCUT2D eigenvalue weighted by atomic mass is 9.86. The first kappa shape index (κ1) is 16.0. The Bertz CT molecular complexity index is 205. The van der Waals surface area contributed by atoms with E-state index < -0.39 is 0 Å². The molecule has 3 N–H and O–H groups in total. The zero-order valence-corrected chi connectivity index (χ0v) is 12.6. The van der Waals surface area contributed by atoms with Gasteiger partial charge in [0.2, 0.25) is 0 Å². The molecule has 5 heteroatoms. The standard InChI is InChI=1S/C11H23N3O.HI/c1-9(2)15-7-6-13-11(12)14-8-10-4-3-5-10;/h9-10H,3-8H2,1-2H3,(H3,12,13,14);1H. The maximum Gasteiger partial charge on any atom is 0.188 e. The van der Waals surface area contributed by atoms with Crippen LogP contribution < -0.4 is 11.1 Å². The normalized spacial score (nSPS) is 16.8. The molecule has 0 aromatic rings. The molecule has 0 aromatic carbocycles. The summed E-state index contributed by atoms with van der Waals surface area (Å²) in [5.41, 5.74) is 5.70. The summed E-state index contributed by atoms with van der Waals surface area (Å²) in [7, 11) is 0. The lowest BCUT2D eigenvalue weighted by molar-refractivity contribution is 0.0830. The smallest absolute Gasteiger partial charge is 0.188 e. The van der Waals surface area contributed by atoms with Gasteiger partial charge in [0.15, 0.2) is 5.96 Å². The second-order valence-electron chi connectivity index (χ2n) is 4.37. The topological polar surface area (TPSA) is 59.6 Å². The van der Waals surface area contributed by atoms with Crippen LogP contribution in [0.1, 0.15) is 33.1 Å². The Labute approximate surface area is 115 Å². The predicted octanol–water partition coefficient (Wildman–Crippen LogP) is 1.73. The van der Waals surface area contributed by atoms with E-state index in [-0.39, 0.29) is 30.1 Å². The molecule has 0 aromatic heterocycles. The highest BCUT2D eigenvalue weighted by Gasteiger charge is 2.16. The van der Waals surface area contributed by atoms with Crippen molar-refractivity contribution >= 4 is 29.9 Å². The third kappa shape index (κ3) is 7.27. The Morgan fingerprint density at radius 2 is 2.19 bits per heavy atom. The Morgan fingerprint density at radius 1 is 1.50 bits per heavy atom. The van der Waals surface area contributed by atoms with Crippen molar-refractivity contribution in [2.24, 2.45) is 16.6 Å². The first-order valence-electron chi connectivity index (χ1n) is 5.84. The number of hydrogen-bond acceptors (Lipinski definition) is 2. The number of rotatable bonds is 6. The molecule has 0 unspecified atom stereocenters. The minimum absolute atomic E-state index is 0. The molecule has 1 aliphatic rings. The van der Waals surface area contributed by atoms with Crippen LogP contribution in [-0.4, -0.2) is 31.8 Å². The van der Waals surface area contributed by atoms with Gasteiger partial charge in [-0.2, -0.15) is 0 Å². The lowest BCUT2D eigenvalue weighted by Gasteiger charge is -2.23. The minimum Gasteiger partial charge on any atom is -0.377 e. The molecule has 0 heterocycles. The average Bonchev–Trinajstić information content (AvgIpc) is 2.09. The third-order valence-corrected chi connectivity index (χ3v) is 2.60. The van der Waals surface area contributed by atoms with Gasteiger partial charge in [0.25, 0.3) is 0 Å². The molecule has 16 heavy (non-hydrogen) atoms. The van der Waals surface area contributed by atoms with Crippen molar-refractivity contribution in [3.8, 4) is 0 Å². The molecular formula is C11H24IN3O. The molecule has 0 saturated heterocycles. The van der Waals surface area contributed by atoms with Crippen molar-refractivity contribution in [1.82, 2.24) is 5.32 Å². The lowest BCUT2D eigenvalue weighted by Crippen LogP contribution is -2.35. The number of halogens is 1. The largest absolute Gasteiger partial charge is 0.377 e. The van der Waals surface area contributed by atoms with Gasteiger partial charge in [-0.3, -0.25) is 4.99 Å². The number of nitrogens with two attached hydrogens (primary N) is 1. The Morgan fingerprint density at radius 3 is 2.69 bits per heavy atom. The molecule has 96 valence electrons. The van der Waals surface area contributed by atoms with Gasteiger partial charge in [-0.1, -0.05) is 6.42 Å². The second kappa shape index (κ2) is 9.04. The van der Waals surface area contributed by atoms with Crippen LogP contribution in [-0.2, 0) is 4.74 Å². The van der Waals surface area contributed by atoms with Gasteiger partial charge in [-0.05, 0) is 32.6 Å². The summed E-state index contributed by atoms with van der Waals surface area (Å²) in [5.74, 6) is 1.33. The summed E-state index contributed by atoms with van der Waals surface area (Å²) in [6, 6.07) is 0. The van der Waals surface area contributed by atoms with Gasteiger partial charge >= 0.3 is 0 Å². The van der Waals surface area contributed by atoms with E-state index in [4.69, 9.17) is 10.5 Å². The molecule has 1 saturated carbocycles. The zero-order valence-electron chi connectivity index (χ0n) is 10.2. The monoisotopic (exact) mass is 341 g/mol. The zero-order chi connectivity index (χ0) is 11.1. The van der Waals surface area contributed by atoms with Crippen molar-refractivity contribution in [2.75, 3.05) is 19.7 Å². The van der Waals surface area contributed by atoms with Crippen molar-refractivity contribution in [1.29, 1.82) is 0 Å². The van der Waals surface area contributed by atoms with E-state index in [0.29, 0.717) is 12.6 Å². The third-order valence-electron chi connectivity index (χ3n) is 2.60. The van der Waals surface area contributed by atoms with E-state index in [1.807, 2.05) is 13.8 Å². The van der Waals surface area contributed by atoms with E-state index in [1.54, 1.807) is 0 Å². The maximum atomic E-state index is 5.70. The number of nitrogens with one attached hydrogen (secondary N) is 1. The Balaban J connectivity index is 0.00000225. The van der Waals surface area contributed by atoms with Gasteiger partial charge in [-0.25, -0.2) is 0 Å². The molecule has 0 aliphatic heterocycles. The molecule has 1 fully saturated rings. The molecule has 1 aliphatic carbocycles. The van der Waals surface area contributed by atoms with Crippen LogP contribution >= 0.6 is 24.0 Å². The van der Waals surface area contributed by atoms with Crippen LogP contribution in [0.15, 0.2) is 4.99 Å². The van der Waals surface area contributed by atoms with Gasteiger partial charge in [0.05, 0.1) is 12.7 Å². The summed E-state index contributed by atoms with van der Waals surface area (Å²) in [6.45, 7) is 6.33. The first-order valence-corrected chi connectivity index (χ1v) is 5.84. The number of hydrogen-bond donors (Lipinski definition) is 2. The summed E-state index contributed by atoms with van der Waals surface area (Å²) in [4.78, 5) is 4.29. The van der Waals surface area contributed by atoms with Gasteiger partial charge < -0.3 is 15.8 Å². The van der Waals surface area contributed by atoms with E-state index in [1.165, 1.54) is 19.3 Å². The maximum absolute atomic E-state index is 5.70. The fourth-order valence-corrected chi connectivity index (χ4v) is 1.43. The molecule has 0 radical (unpaired) electrons. The van der Waals surface area contributed by atoms with Crippen molar-refractivity contribution in [3.63, 3.8) is 0 Å². The molecule has 0 atom stereocenters.